The normalized spacial score (nSPS) is 11.8. The smallest absolute Gasteiger partial charge is 0.356 e. The van der Waals surface area contributed by atoms with Crippen LogP contribution in [0.4, 0.5) is 13.2 Å². The van der Waals surface area contributed by atoms with Crippen molar-refractivity contribution in [1.29, 1.82) is 0 Å². The molecule has 1 rings (SSSR count). The van der Waals surface area contributed by atoms with E-state index in [1.165, 1.54) is 7.05 Å². The Balaban J connectivity index is 0.00000484. The monoisotopic (exact) mass is 483 g/mol. The highest BCUT2D eigenvalue weighted by Crippen LogP contribution is 2.21. The van der Waals surface area contributed by atoms with E-state index in [1.54, 1.807) is 12.1 Å². The zero-order valence-corrected chi connectivity index (χ0v) is 16.4. The number of alkyl halides is 3. The van der Waals surface area contributed by atoms with Gasteiger partial charge in [-0.3, -0.25) is 4.99 Å². The number of benzene rings is 1. The molecule has 0 saturated carbocycles. The molecule has 0 heterocycles. The van der Waals surface area contributed by atoms with Crippen molar-refractivity contribution in [3.05, 3.63) is 33.8 Å². The molecule has 0 aliphatic heterocycles. The van der Waals surface area contributed by atoms with Crippen molar-refractivity contribution in [3.63, 3.8) is 0 Å². The number of hydrogen-bond donors (Lipinski definition) is 2. The SMILES string of the molecule is CN=C(NCCCc1ccc(Cl)cc1Cl)NCCC(F)(F)F.I. The van der Waals surface area contributed by atoms with Gasteiger partial charge in [-0.25, -0.2) is 0 Å². The van der Waals surface area contributed by atoms with E-state index in [0.29, 0.717) is 22.5 Å². The van der Waals surface area contributed by atoms with Crippen molar-refractivity contribution in [1.82, 2.24) is 10.6 Å². The number of nitrogens with zero attached hydrogens (tertiary/aromatic N) is 1. The molecule has 1 aromatic rings. The third-order valence-corrected chi connectivity index (χ3v) is 3.44. The molecule has 132 valence electrons. The first kappa shape index (κ1) is 22.6. The van der Waals surface area contributed by atoms with Gasteiger partial charge in [0, 0.05) is 30.2 Å². The number of nitrogens with one attached hydrogen (secondary N) is 2. The van der Waals surface area contributed by atoms with Gasteiger partial charge in [-0.2, -0.15) is 13.2 Å². The number of hydrogen-bond acceptors (Lipinski definition) is 1. The Morgan fingerprint density at radius 3 is 2.39 bits per heavy atom. The predicted molar refractivity (Wildman–Crippen MR) is 100 cm³/mol. The summed E-state index contributed by atoms with van der Waals surface area (Å²) in [7, 11) is 1.51. The molecule has 0 radical (unpaired) electrons. The van der Waals surface area contributed by atoms with Crippen LogP contribution in [0.5, 0.6) is 0 Å². The zero-order chi connectivity index (χ0) is 16.6. The highest BCUT2D eigenvalue weighted by Gasteiger charge is 2.26. The van der Waals surface area contributed by atoms with E-state index in [1.807, 2.05) is 6.07 Å². The lowest BCUT2D eigenvalue weighted by Crippen LogP contribution is -2.39. The fourth-order valence-electron chi connectivity index (χ4n) is 1.75. The molecule has 0 aliphatic carbocycles. The van der Waals surface area contributed by atoms with Gasteiger partial charge in [-0.05, 0) is 30.5 Å². The van der Waals surface area contributed by atoms with Crippen LogP contribution >= 0.6 is 47.2 Å². The molecule has 0 atom stereocenters. The predicted octanol–water partition coefficient (Wildman–Crippen LogP) is 4.66. The molecule has 0 unspecified atom stereocenters. The molecule has 0 aromatic heterocycles. The third-order valence-electron chi connectivity index (χ3n) is 2.85. The van der Waals surface area contributed by atoms with E-state index < -0.39 is 12.6 Å². The van der Waals surface area contributed by atoms with E-state index in [9.17, 15) is 13.2 Å². The van der Waals surface area contributed by atoms with Crippen LogP contribution in [-0.2, 0) is 6.42 Å². The van der Waals surface area contributed by atoms with Crippen molar-refractivity contribution in [2.24, 2.45) is 4.99 Å². The van der Waals surface area contributed by atoms with Crippen molar-refractivity contribution < 1.29 is 13.2 Å². The maximum atomic E-state index is 12.0. The van der Waals surface area contributed by atoms with Crippen LogP contribution in [0.25, 0.3) is 0 Å². The number of aliphatic imine (C=N–C) groups is 1. The third kappa shape index (κ3) is 10.1. The summed E-state index contributed by atoms with van der Waals surface area (Å²) in [5.41, 5.74) is 0.980. The molecular weight excluding hydrogens is 465 g/mol. The van der Waals surface area contributed by atoms with Crippen molar-refractivity contribution in [3.8, 4) is 0 Å². The first-order valence-corrected chi connectivity index (χ1v) is 7.52. The second-order valence-corrected chi connectivity index (χ2v) is 5.47. The summed E-state index contributed by atoms with van der Waals surface area (Å²) in [6, 6.07) is 5.32. The Kier molecular flexibility index (Phi) is 11.0. The van der Waals surface area contributed by atoms with Crippen LogP contribution in [0.2, 0.25) is 10.0 Å². The first-order valence-electron chi connectivity index (χ1n) is 6.77. The largest absolute Gasteiger partial charge is 0.390 e. The number of halogens is 6. The molecule has 0 saturated heterocycles. The molecule has 23 heavy (non-hydrogen) atoms. The average Bonchev–Trinajstić information content (AvgIpc) is 2.42. The molecule has 0 bridgehead atoms. The molecule has 0 fully saturated rings. The van der Waals surface area contributed by atoms with E-state index in [-0.39, 0.29) is 30.5 Å². The fourth-order valence-corrected chi connectivity index (χ4v) is 2.26. The lowest BCUT2D eigenvalue weighted by Gasteiger charge is -2.13. The molecule has 0 aliphatic rings. The van der Waals surface area contributed by atoms with Gasteiger partial charge < -0.3 is 10.6 Å². The molecule has 0 spiro atoms. The van der Waals surface area contributed by atoms with E-state index >= 15 is 0 Å². The van der Waals surface area contributed by atoms with Crippen LogP contribution in [0.1, 0.15) is 18.4 Å². The Hall–Kier alpha value is -0.410. The van der Waals surface area contributed by atoms with Crippen LogP contribution in [-0.4, -0.2) is 32.3 Å². The van der Waals surface area contributed by atoms with Crippen LogP contribution < -0.4 is 10.6 Å². The average molecular weight is 484 g/mol. The van der Waals surface area contributed by atoms with Gasteiger partial charge in [0.2, 0.25) is 0 Å². The Morgan fingerprint density at radius 2 is 1.83 bits per heavy atom. The minimum absolute atomic E-state index is 0. The molecule has 2 N–H and O–H groups in total. The standard InChI is InChI=1S/C14H18Cl2F3N3.HI/c1-20-13(22-8-6-14(17,18)19)21-7-2-3-10-4-5-11(15)9-12(10)16;/h4-5,9H,2-3,6-8H2,1H3,(H2,20,21,22);1H. The summed E-state index contributed by atoms with van der Waals surface area (Å²) in [5, 5.41) is 6.77. The van der Waals surface area contributed by atoms with Gasteiger partial charge in [0.1, 0.15) is 0 Å². The summed E-state index contributed by atoms with van der Waals surface area (Å²) < 4.78 is 36.1. The maximum absolute atomic E-state index is 12.0. The quantitative estimate of drug-likeness (QED) is 0.267. The number of rotatable bonds is 6. The minimum atomic E-state index is -4.17. The zero-order valence-electron chi connectivity index (χ0n) is 12.5. The summed E-state index contributed by atoms with van der Waals surface area (Å²) in [6.07, 6.45) is -3.56. The number of guanidine groups is 1. The fraction of sp³-hybridized carbons (Fsp3) is 0.500. The molecule has 1 aromatic carbocycles. The Bertz CT molecular complexity index is 511. The summed E-state index contributed by atoms with van der Waals surface area (Å²) >= 11 is 11.9. The molecular formula is C14H19Cl2F3IN3. The summed E-state index contributed by atoms with van der Waals surface area (Å²) in [5.74, 6) is 0.353. The maximum Gasteiger partial charge on any atom is 0.390 e. The first-order chi connectivity index (χ1) is 10.3. The van der Waals surface area contributed by atoms with Gasteiger partial charge in [-0.15, -0.1) is 24.0 Å². The van der Waals surface area contributed by atoms with E-state index in [4.69, 9.17) is 23.2 Å². The van der Waals surface area contributed by atoms with Gasteiger partial charge in [-0.1, -0.05) is 29.3 Å². The lowest BCUT2D eigenvalue weighted by atomic mass is 10.1. The van der Waals surface area contributed by atoms with E-state index in [2.05, 4.69) is 15.6 Å². The van der Waals surface area contributed by atoms with Gasteiger partial charge in [0.05, 0.1) is 6.42 Å². The highest BCUT2D eigenvalue weighted by atomic mass is 127. The molecule has 9 heteroatoms. The van der Waals surface area contributed by atoms with E-state index in [0.717, 1.165) is 18.4 Å². The van der Waals surface area contributed by atoms with Gasteiger partial charge >= 0.3 is 6.18 Å². The topological polar surface area (TPSA) is 36.4 Å². The van der Waals surface area contributed by atoms with Crippen LogP contribution in [0.15, 0.2) is 23.2 Å². The van der Waals surface area contributed by atoms with Crippen LogP contribution in [0, 0.1) is 0 Å². The van der Waals surface area contributed by atoms with Crippen molar-refractivity contribution in [2.45, 2.75) is 25.4 Å². The lowest BCUT2D eigenvalue weighted by molar-refractivity contribution is -0.132. The Morgan fingerprint density at radius 1 is 1.17 bits per heavy atom. The minimum Gasteiger partial charge on any atom is -0.356 e. The van der Waals surface area contributed by atoms with Crippen molar-refractivity contribution in [2.75, 3.05) is 20.1 Å². The summed E-state index contributed by atoms with van der Waals surface area (Å²) in [6.45, 7) is 0.372. The molecule has 0 amide bonds. The number of aryl methyl sites for hydroxylation is 1. The van der Waals surface area contributed by atoms with Crippen molar-refractivity contribution >= 4 is 53.1 Å². The molecule has 3 nitrogen and oxygen atoms in total. The highest BCUT2D eigenvalue weighted by molar-refractivity contribution is 14.0. The van der Waals surface area contributed by atoms with Gasteiger partial charge in [0.15, 0.2) is 5.96 Å². The van der Waals surface area contributed by atoms with Crippen LogP contribution in [0.3, 0.4) is 0 Å². The van der Waals surface area contributed by atoms with Gasteiger partial charge in [0.25, 0.3) is 0 Å². The Labute approximate surface area is 161 Å². The second kappa shape index (κ2) is 11.2. The second-order valence-electron chi connectivity index (χ2n) is 4.63. The summed E-state index contributed by atoms with van der Waals surface area (Å²) in [4.78, 5) is 3.86.